The van der Waals surface area contributed by atoms with Gasteiger partial charge in [-0.1, -0.05) is 12.1 Å². The van der Waals surface area contributed by atoms with Gasteiger partial charge in [0.15, 0.2) is 11.5 Å². The first kappa shape index (κ1) is 22.6. The Kier molecular flexibility index (Phi) is 5.98. The number of carbonyl (C=O) groups is 1. The standard InChI is InChI=1S/C28H32N4O2S/c1-3-30(4-2)28(33)19-9-12-24-26(15-19)34-25-8-6-5-7-23(25)32(24)22-16-20-10-11-21(17-22)31(20)18-27-29-13-14-35-27/h5-9,12-15,20-22H,3-4,10-11,16-18H2,1-2H3/t20-,21+,22?. The molecule has 3 aliphatic heterocycles. The van der Waals surface area contributed by atoms with Crippen molar-refractivity contribution in [2.24, 2.45) is 0 Å². The zero-order chi connectivity index (χ0) is 23.9. The fraction of sp³-hybridized carbons (Fsp3) is 0.429. The van der Waals surface area contributed by atoms with Crippen molar-refractivity contribution in [1.29, 1.82) is 0 Å². The molecule has 1 unspecified atom stereocenters. The molecule has 0 N–H and O–H groups in total. The molecule has 3 atom stereocenters. The fourth-order valence-electron chi connectivity index (χ4n) is 6.21. The van der Waals surface area contributed by atoms with E-state index in [1.54, 1.807) is 11.3 Å². The van der Waals surface area contributed by atoms with Crippen molar-refractivity contribution in [2.45, 2.75) is 64.2 Å². The van der Waals surface area contributed by atoms with Crippen LogP contribution in [-0.2, 0) is 6.54 Å². The molecule has 0 spiro atoms. The normalized spacial score (nSPS) is 22.9. The third-order valence-corrected chi connectivity index (χ3v) is 8.65. The molecular weight excluding hydrogens is 456 g/mol. The summed E-state index contributed by atoms with van der Waals surface area (Å²) < 4.78 is 6.37. The number of anilines is 2. The van der Waals surface area contributed by atoms with Gasteiger partial charge in [0.1, 0.15) is 5.01 Å². The van der Waals surface area contributed by atoms with Crippen molar-refractivity contribution in [3.8, 4) is 11.5 Å². The Balaban J connectivity index is 1.32. The minimum absolute atomic E-state index is 0.0559. The molecule has 6 rings (SSSR count). The van der Waals surface area contributed by atoms with Gasteiger partial charge in [0.2, 0.25) is 0 Å². The number of aromatic nitrogens is 1. The van der Waals surface area contributed by atoms with Crippen molar-refractivity contribution in [2.75, 3.05) is 18.0 Å². The van der Waals surface area contributed by atoms with Crippen LogP contribution in [0.2, 0.25) is 0 Å². The lowest BCUT2D eigenvalue weighted by molar-refractivity contribution is 0.0772. The summed E-state index contributed by atoms with van der Waals surface area (Å²) in [5, 5.41) is 3.29. The predicted octanol–water partition coefficient (Wildman–Crippen LogP) is 6.06. The van der Waals surface area contributed by atoms with Gasteiger partial charge in [0.25, 0.3) is 5.91 Å². The summed E-state index contributed by atoms with van der Waals surface area (Å²) in [7, 11) is 0. The lowest BCUT2D eigenvalue weighted by Gasteiger charge is -2.45. The van der Waals surface area contributed by atoms with Crippen LogP contribution in [0.4, 0.5) is 11.4 Å². The number of hydrogen-bond acceptors (Lipinski definition) is 6. The number of amides is 1. The highest BCUT2D eigenvalue weighted by Crippen LogP contribution is 2.51. The SMILES string of the molecule is CCN(CC)C(=O)c1ccc2c(c1)Oc1ccccc1N2C1C[C@H]2CC[C@@H](C1)N2Cc1nccs1. The molecule has 1 amide bonds. The average Bonchev–Trinajstić information content (AvgIpc) is 3.47. The molecule has 0 aliphatic carbocycles. The van der Waals surface area contributed by atoms with E-state index in [2.05, 4.69) is 38.4 Å². The van der Waals surface area contributed by atoms with E-state index in [-0.39, 0.29) is 5.91 Å². The van der Waals surface area contributed by atoms with Crippen LogP contribution in [0.15, 0.2) is 54.0 Å². The molecule has 2 bridgehead atoms. The van der Waals surface area contributed by atoms with Gasteiger partial charge < -0.3 is 14.5 Å². The number of carbonyl (C=O) groups excluding carboxylic acids is 1. The van der Waals surface area contributed by atoms with Crippen LogP contribution < -0.4 is 9.64 Å². The van der Waals surface area contributed by atoms with E-state index in [0.717, 1.165) is 42.3 Å². The highest BCUT2D eigenvalue weighted by atomic mass is 32.1. The van der Waals surface area contributed by atoms with E-state index in [0.29, 0.717) is 36.8 Å². The summed E-state index contributed by atoms with van der Waals surface area (Å²) >= 11 is 1.76. The van der Waals surface area contributed by atoms with Crippen molar-refractivity contribution < 1.29 is 9.53 Å². The molecule has 2 saturated heterocycles. The number of nitrogens with zero attached hydrogens (tertiary/aromatic N) is 4. The molecule has 182 valence electrons. The quantitative estimate of drug-likeness (QED) is 0.422. The summed E-state index contributed by atoms with van der Waals surface area (Å²) in [6.07, 6.45) is 6.66. The third-order valence-electron chi connectivity index (χ3n) is 7.89. The van der Waals surface area contributed by atoms with E-state index in [9.17, 15) is 4.79 Å². The van der Waals surface area contributed by atoms with Crippen molar-refractivity contribution in [3.63, 3.8) is 0 Å². The molecule has 35 heavy (non-hydrogen) atoms. The van der Waals surface area contributed by atoms with Gasteiger partial charge in [0.05, 0.1) is 17.9 Å². The highest BCUT2D eigenvalue weighted by molar-refractivity contribution is 7.09. The lowest BCUT2D eigenvalue weighted by Crippen LogP contribution is -2.49. The Morgan fingerprint density at radius 3 is 2.49 bits per heavy atom. The molecule has 4 heterocycles. The Morgan fingerprint density at radius 2 is 1.77 bits per heavy atom. The zero-order valence-electron chi connectivity index (χ0n) is 20.4. The zero-order valence-corrected chi connectivity index (χ0v) is 21.2. The molecule has 6 nitrogen and oxygen atoms in total. The van der Waals surface area contributed by atoms with Crippen LogP contribution in [0.25, 0.3) is 0 Å². The molecule has 2 aromatic carbocycles. The smallest absolute Gasteiger partial charge is 0.253 e. The van der Waals surface area contributed by atoms with E-state index in [1.165, 1.54) is 17.8 Å². The van der Waals surface area contributed by atoms with Crippen LogP contribution in [0, 0.1) is 0 Å². The molecule has 0 saturated carbocycles. The Hall–Kier alpha value is -2.90. The average molecular weight is 489 g/mol. The second-order valence-corrected chi connectivity index (χ2v) is 10.7. The van der Waals surface area contributed by atoms with Gasteiger partial charge in [-0.15, -0.1) is 11.3 Å². The molecule has 3 aliphatic rings. The van der Waals surface area contributed by atoms with E-state index in [4.69, 9.17) is 4.74 Å². The van der Waals surface area contributed by atoms with Crippen LogP contribution >= 0.6 is 11.3 Å². The topological polar surface area (TPSA) is 48.9 Å². The molecule has 2 fully saturated rings. The number of ether oxygens (including phenoxy) is 1. The maximum absolute atomic E-state index is 13.0. The van der Waals surface area contributed by atoms with Crippen LogP contribution in [0.3, 0.4) is 0 Å². The van der Waals surface area contributed by atoms with Crippen molar-refractivity contribution >= 4 is 28.6 Å². The van der Waals surface area contributed by atoms with Gasteiger partial charge in [-0.05, 0) is 69.9 Å². The lowest BCUT2D eigenvalue weighted by atomic mass is 9.93. The molecule has 0 radical (unpaired) electrons. The maximum atomic E-state index is 13.0. The number of benzene rings is 2. The molecule has 3 aromatic rings. The number of hydrogen-bond donors (Lipinski definition) is 0. The van der Waals surface area contributed by atoms with Gasteiger partial charge in [-0.2, -0.15) is 0 Å². The van der Waals surface area contributed by atoms with E-state index >= 15 is 0 Å². The molecular formula is C28H32N4O2S. The monoisotopic (exact) mass is 488 g/mol. The van der Waals surface area contributed by atoms with E-state index < -0.39 is 0 Å². The van der Waals surface area contributed by atoms with Gasteiger partial charge in [-0.3, -0.25) is 9.69 Å². The highest BCUT2D eigenvalue weighted by Gasteiger charge is 2.44. The summed E-state index contributed by atoms with van der Waals surface area (Å²) in [6, 6.07) is 15.8. The minimum Gasteiger partial charge on any atom is -0.453 e. The number of thiazole rings is 1. The third kappa shape index (κ3) is 4.00. The first-order chi connectivity index (χ1) is 17.2. The van der Waals surface area contributed by atoms with Gasteiger partial charge in [-0.25, -0.2) is 4.98 Å². The summed E-state index contributed by atoms with van der Waals surface area (Å²) in [5.74, 6) is 1.70. The van der Waals surface area contributed by atoms with Gasteiger partial charge in [0, 0.05) is 48.4 Å². The van der Waals surface area contributed by atoms with Crippen LogP contribution in [0.5, 0.6) is 11.5 Å². The van der Waals surface area contributed by atoms with Crippen molar-refractivity contribution in [1.82, 2.24) is 14.8 Å². The largest absolute Gasteiger partial charge is 0.453 e. The van der Waals surface area contributed by atoms with Crippen molar-refractivity contribution in [3.05, 3.63) is 64.6 Å². The van der Waals surface area contributed by atoms with Crippen LogP contribution in [0.1, 0.15) is 54.9 Å². The maximum Gasteiger partial charge on any atom is 0.253 e. The predicted molar refractivity (Wildman–Crippen MR) is 140 cm³/mol. The van der Waals surface area contributed by atoms with Crippen LogP contribution in [-0.4, -0.2) is 51.9 Å². The fourth-order valence-corrected chi connectivity index (χ4v) is 6.83. The second-order valence-electron chi connectivity index (χ2n) is 9.71. The van der Waals surface area contributed by atoms with E-state index in [1.807, 2.05) is 49.2 Å². The molecule has 7 heteroatoms. The number of piperidine rings is 1. The first-order valence-electron chi connectivity index (χ1n) is 12.8. The Bertz CT molecular complexity index is 1200. The first-order valence-corrected chi connectivity index (χ1v) is 13.7. The summed E-state index contributed by atoms with van der Waals surface area (Å²) in [6.45, 7) is 6.40. The summed E-state index contributed by atoms with van der Waals surface area (Å²) in [4.78, 5) is 24.6. The Labute approximate surface area is 211 Å². The molecule has 1 aromatic heterocycles. The van der Waals surface area contributed by atoms with Gasteiger partial charge >= 0.3 is 0 Å². The number of rotatable bonds is 6. The minimum atomic E-state index is 0.0559. The second kappa shape index (κ2) is 9.28. The Morgan fingerprint density at radius 1 is 1.03 bits per heavy atom. The number of fused-ring (bicyclic) bond motifs is 4. The summed E-state index contributed by atoms with van der Waals surface area (Å²) in [5.41, 5.74) is 2.88. The number of para-hydroxylation sites is 2.